The summed E-state index contributed by atoms with van der Waals surface area (Å²) in [7, 11) is 8.43. The van der Waals surface area contributed by atoms with Crippen LogP contribution in [0.25, 0.3) is 0 Å². The Kier molecular flexibility index (Phi) is 9.65. The summed E-state index contributed by atoms with van der Waals surface area (Å²) < 4.78 is 0. The molecule has 0 unspecified atom stereocenters. The molecule has 24 heavy (non-hydrogen) atoms. The van der Waals surface area contributed by atoms with Gasteiger partial charge in [-0.1, -0.05) is 12.1 Å². The monoisotopic (exact) mass is 333 g/mol. The van der Waals surface area contributed by atoms with Crippen molar-refractivity contribution in [2.45, 2.75) is 45.4 Å². The van der Waals surface area contributed by atoms with Crippen LogP contribution in [0.2, 0.25) is 0 Å². The normalized spacial score (nSPS) is 11.3. The van der Waals surface area contributed by atoms with Crippen molar-refractivity contribution in [3.63, 3.8) is 0 Å². The van der Waals surface area contributed by atoms with Gasteiger partial charge in [0.2, 0.25) is 5.91 Å². The van der Waals surface area contributed by atoms with Gasteiger partial charge in [-0.3, -0.25) is 4.79 Å². The highest BCUT2D eigenvalue weighted by Gasteiger charge is 2.06. The molecule has 0 atom stereocenters. The van der Waals surface area contributed by atoms with Crippen molar-refractivity contribution < 1.29 is 4.79 Å². The van der Waals surface area contributed by atoms with E-state index in [1.54, 1.807) is 6.92 Å². The average Bonchev–Trinajstić information content (AvgIpc) is 2.48. The summed E-state index contributed by atoms with van der Waals surface area (Å²) in [6, 6.07) is 6.59. The van der Waals surface area contributed by atoms with E-state index < -0.39 is 0 Å². The van der Waals surface area contributed by atoms with Gasteiger partial charge in [0.05, 0.1) is 0 Å². The number of carbonyl (C=O) groups is 1. The highest BCUT2D eigenvalue weighted by molar-refractivity contribution is 5.89. The van der Waals surface area contributed by atoms with Gasteiger partial charge in [0.15, 0.2) is 0 Å². The van der Waals surface area contributed by atoms with Gasteiger partial charge in [0, 0.05) is 12.6 Å². The smallest absolute Gasteiger partial charge is 0.221 e. The Morgan fingerprint density at radius 3 is 2.04 bits per heavy atom. The molecule has 0 bridgehead atoms. The van der Waals surface area contributed by atoms with Gasteiger partial charge in [-0.05, 0) is 97.0 Å². The molecule has 0 fully saturated rings. The van der Waals surface area contributed by atoms with Crippen LogP contribution >= 0.6 is 0 Å². The molecule has 1 rings (SSSR count). The van der Waals surface area contributed by atoms with Crippen LogP contribution in [0.5, 0.6) is 0 Å². The van der Waals surface area contributed by atoms with E-state index in [2.05, 4.69) is 61.5 Å². The van der Waals surface area contributed by atoms with Crippen LogP contribution in [-0.2, 0) is 17.6 Å². The van der Waals surface area contributed by atoms with E-state index in [1.165, 1.54) is 30.4 Å². The third-order valence-corrected chi connectivity index (χ3v) is 4.11. The molecule has 4 nitrogen and oxygen atoms in total. The van der Waals surface area contributed by atoms with Crippen molar-refractivity contribution in [1.29, 1.82) is 0 Å². The minimum atomic E-state index is 0.00861. The standard InChI is InChI=1S/C20H35N3O/c1-17(24)21-20-16-18(10-6-8-14-22(2)3)12-13-19(20)11-7-9-15-23(4)5/h12-13,16H,6-11,14-15H2,1-5H3,(H,21,24). The second kappa shape index (κ2) is 11.2. The molecule has 0 radical (unpaired) electrons. The largest absolute Gasteiger partial charge is 0.326 e. The summed E-state index contributed by atoms with van der Waals surface area (Å²) >= 11 is 0. The van der Waals surface area contributed by atoms with Crippen LogP contribution < -0.4 is 5.32 Å². The minimum Gasteiger partial charge on any atom is -0.326 e. The molecule has 1 amide bonds. The fourth-order valence-corrected chi connectivity index (χ4v) is 2.80. The first-order valence-corrected chi connectivity index (χ1v) is 9.07. The molecule has 0 aromatic heterocycles. The van der Waals surface area contributed by atoms with Gasteiger partial charge in [-0.15, -0.1) is 0 Å². The molecule has 1 N–H and O–H groups in total. The maximum atomic E-state index is 11.5. The number of benzene rings is 1. The van der Waals surface area contributed by atoms with Gasteiger partial charge < -0.3 is 15.1 Å². The molecular formula is C20H35N3O. The lowest BCUT2D eigenvalue weighted by Gasteiger charge is -2.14. The fourth-order valence-electron chi connectivity index (χ4n) is 2.80. The van der Waals surface area contributed by atoms with E-state index in [4.69, 9.17) is 0 Å². The Hall–Kier alpha value is -1.39. The Morgan fingerprint density at radius 1 is 0.917 bits per heavy atom. The number of nitrogens with zero attached hydrogens (tertiary/aromatic N) is 2. The fraction of sp³-hybridized carbons (Fsp3) is 0.650. The quantitative estimate of drug-likeness (QED) is 0.630. The van der Waals surface area contributed by atoms with E-state index in [9.17, 15) is 4.79 Å². The lowest BCUT2D eigenvalue weighted by Crippen LogP contribution is -2.13. The molecule has 1 aromatic carbocycles. The van der Waals surface area contributed by atoms with Gasteiger partial charge in [0.1, 0.15) is 0 Å². The number of nitrogens with one attached hydrogen (secondary N) is 1. The Morgan fingerprint density at radius 2 is 1.50 bits per heavy atom. The van der Waals surface area contributed by atoms with Gasteiger partial charge in [-0.25, -0.2) is 0 Å². The molecule has 0 saturated carbocycles. The van der Waals surface area contributed by atoms with E-state index in [0.29, 0.717) is 0 Å². The molecule has 0 saturated heterocycles. The molecule has 1 aromatic rings. The van der Waals surface area contributed by atoms with E-state index in [-0.39, 0.29) is 5.91 Å². The number of unbranched alkanes of at least 4 members (excludes halogenated alkanes) is 2. The van der Waals surface area contributed by atoms with Crippen molar-refractivity contribution >= 4 is 11.6 Å². The van der Waals surface area contributed by atoms with Crippen molar-refractivity contribution in [1.82, 2.24) is 9.80 Å². The number of hydrogen-bond acceptors (Lipinski definition) is 3. The third-order valence-electron chi connectivity index (χ3n) is 4.11. The summed E-state index contributed by atoms with van der Waals surface area (Å²) in [4.78, 5) is 15.9. The number of amides is 1. The summed E-state index contributed by atoms with van der Waals surface area (Å²) in [5, 5.41) is 3.01. The summed E-state index contributed by atoms with van der Waals surface area (Å²) in [5.41, 5.74) is 3.56. The zero-order valence-corrected chi connectivity index (χ0v) is 16.2. The predicted molar refractivity (Wildman–Crippen MR) is 104 cm³/mol. The highest BCUT2D eigenvalue weighted by Crippen LogP contribution is 2.21. The van der Waals surface area contributed by atoms with Gasteiger partial charge in [0.25, 0.3) is 0 Å². The Labute approximate surface area is 148 Å². The van der Waals surface area contributed by atoms with Crippen molar-refractivity contribution in [3.8, 4) is 0 Å². The second-order valence-electron chi connectivity index (χ2n) is 7.19. The number of hydrogen-bond donors (Lipinski definition) is 1. The van der Waals surface area contributed by atoms with Crippen LogP contribution in [0.15, 0.2) is 18.2 Å². The number of rotatable bonds is 11. The lowest BCUT2D eigenvalue weighted by molar-refractivity contribution is -0.114. The average molecular weight is 334 g/mol. The Balaban J connectivity index is 2.61. The third kappa shape index (κ3) is 9.04. The SMILES string of the molecule is CC(=O)Nc1cc(CCCCN(C)C)ccc1CCCCN(C)C. The van der Waals surface area contributed by atoms with Crippen LogP contribution in [0.3, 0.4) is 0 Å². The molecule has 0 aliphatic heterocycles. The first-order chi connectivity index (χ1) is 11.4. The zero-order chi connectivity index (χ0) is 17.9. The molecule has 0 heterocycles. The van der Waals surface area contributed by atoms with Crippen LogP contribution in [0, 0.1) is 0 Å². The number of anilines is 1. The van der Waals surface area contributed by atoms with E-state index in [0.717, 1.165) is 38.0 Å². The van der Waals surface area contributed by atoms with Crippen LogP contribution in [0.4, 0.5) is 5.69 Å². The summed E-state index contributed by atoms with van der Waals surface area (Å²) in [5.74, 6) is 0.00861. The van der Waals surface area contributed by atoms with Gasteiger partial charge in [-0.2, -0.15) is 0 Å². The zero-order valence-electron chi connectivity index (χ0n) is 16.2. The highest BCUT2D eigenvalue weighted by atomic mass is 16.1. The number of carbonyl (C=O) groups excluding carboxylic acids is 1. The summed E-state index contributed by atoms with van der Waals surface area (Å²) in [6.45, 7) is 3.82. The molecule has 0 aliphatic rings. The van der Waals surface area contributed by atoms with Crippen molar-refractivity contribution in [3.05, 3.63) is 29.3 Å². The lowest BCUT2D eigenvalue weighted by atomic mass is 10.0. The predicted octanol–water partition coefficient (Wildman–Crippen LogP) is 3.41. The van der Waals surface area contributed by atoms with E-state index in [1.807, 2.05) is 0 Å². The molecule has 0 spiro atoms. The first kappa shape index (κ1) is 20.7. The maximum absolute atomic E-state index is 11.5. The molecule has 136 valence electrons. The topological polar surface area (TPSA) is 35.6 Å². The first-order valence-electron chi connectivity index (χ1n) is 9.07. The Bertz CT molecular complexity index is 498. The van der Waals surface area contributed by atoms with Crippen LogP contribution in [-0.4, -0.2) is 57.0 Å². The van der Waals surface area contributed by atoms with Crippen molar-refractivity contribution in [2.24, 2.45) is 0 Å². The van der Waals surface area contributed by atoms with Gasteiger partial charge >= 0.3 is 0 Å². The number of aryl methyl sites for hydroxylation is 2. The minimum absolute atomic E-state index is 0.00861. The second-order valence-corrected chi connectivity index (χ2v) is 7.19. The van der Waals surface area contributed by atoms with Crippen LogP contribution in [0.1, 0.15) is 43.7 Å². The maximum Gasteiger partial charge on any atom is 0.221 e. The molecule has 0 aliphatic carbocycles. The van der Waals surface area contributed by atoms with Crippen molar-refractivity contribution in [2.75, 3.05) is 46.6 Å². The molecular weight excluding hydrogens is 298 g/mol. The molecule has 4 heteroatoms. The van der Waals surface area contributed by atoms with E-state index >= 15 is 0 Å². The summed E-state index contributed by atoms with van der Waals surface area (Å²) in [6.07, 6.45) is 6.80.